The summed E-state index contributed by atoms with van der Waals surface area (Å²) < 4.78 is 7.79. The van der Waals surface area contributed by atoms with Gasteiger partial charge in [0.2, 0.25) is 0 Å². The second-order valence-electron chi connectivity index (χ2n) is 7.51. The second-order valence-corrected chi connectivity index (χ2v) is 8.40. The number of ether oxygens (including phenoxy) is 1. The minimum atomic E-state index is -0.0122. The van der Waals surface area contributed by atoms with E-state index in [0.717, 1.165) is 28.6 Å². The van der Waals surface area contributed by atoms with Gasteiger partial charge in [0.05, 0.1) is 30.7 Å². The second kappa shape index (κ2) is 6.03. The summed E-state index contributed by atoms with van der Waals surface area (Å²) in [6.45, 7) is 10.2. The summed E-state index contributed by atoms with van der Waals surface area (Å²) in [6.07, 6.45) is 1.96. The molecular formula is C17H22N6OS. The van der Waals surface area contributed by atoms with Gasteiger partial charge in [-0.15, -0.1) is 16.4 Å². The SMILES string of the molecule is C[C@@H]1CO[C@@H](c2nc(C(C)(C)C)cs2)CN1c1ccc2nnnn2c1. The van der Waals surface area contributed by atoms with E-state index < -0.39 is 0 Å². The maximum absolute atomic E-state index is 6.09. The van der Waals surface area contributed by atoms with Gasteiger partial charge in [-0.05, 0) is 29.5 Å². The first kappa shape index (κ1) is 16.4. The Morgan fingerprint density at radius 2 is 2.12 bits per heavy atom. The molecule has 4 heterocycles. The Bertz CT molecular complexity index is 883. The van der Waals surface area contributed by atoms with Gasteiger partial charge in [0.25, 0.3) is 0 Å². The van der Waals surface area contributed by atoms with Crippen molar-refractivity contribution >= 4 is 22.7 Å². The largest absolute Gasteiger partial charge is 0.367 e. The van der Waals surface area contributed by atoms with Gasteiger partial charge >= 0.3 is 0 Å². The lowest BCUT2D eigenvalue weighted by Gasteiger charge is -2.38. The molecule has 25 heavy (non-hydrogen) atoms. The van der Waals surface area contributed by atoms with E-state index >= 15 is 0 Å². The van der Waals surface area contributed by atoms with Gasteiger partial charge in [0, 0.05) is 16.8 Å². The van der Waals surface area contributed by atoms with Crippen LogP contribution in [0.5, 0.6) is 0 Å². The molecule has 0 aliphatic carbocycles. The topological polar surface area (TPSA) is 68.4 Å². The minimum Gasteiger partial charge on any atom is -0.367 e. The number of rotatable bonds is 2. The lowest BCUT2D eigenvalue weighted by Crippen LogP contribution is -2.45. The van der Waals surface area contributed by atoms with Crippen molar-refractivity contribution in [1.82, 2.24) is 25.0 Å². The molecule has 1 aliphatic rings. The predicted octanol–water partition coefficient (Wildman–Crippen LogP) is 2.84. The van der Waals surface area contributed by atoms with Crippen LogP contribution in [0.15, 0.2) is 23.7 Å². The van der Waals surface area contributed by atoms with Crippen molar-refractivity contribution in [2.45, 2.75) is 45.3 Å². The van der Waals surface area contributed by atoms with Gasteiger partial charge in [-0.2, -0.15) is 4.52 Å². The standard InChI is InChI=1S/C17H22N6OS/c1-11-9-24-13(16-18-14(10-25-16)17(2,3)4)8-22(11)12-5-6-15-19-20-21-23(15)7-12/h5-7,10-11,13H,8-9H2,1-4H3/t11-,13-/m1/s1. The van der Waals surface area contributed by atoms with Crippen LogP contribution in [0.2, 0.25) is 0 Å². The number of hydrogen-bond donors (Lipinski definition) is 0. The van der Waals surface area contributed by atoms with Gasteiger partial charge in [0.1, 0.15) is 11.1 Å². The summed E-state index contributed by atoms with van der Waals surface area (Å²) in [5.74, 6) is 0. The number of nitrogens with zero attached hydrogens (tertiary/aromatic N) is 6. The van der Waals surface area contributed by atoms with E-state index in [-0.39, 0.29) is 17.6 Å². The van der Waals surface area contributed by atoms with Crippen molar-refractivity contribution in [3.63, 3.8) is 0 Å². The smallest absolute Gasteiger partial charge is 0.179 e. The Labute approximate surface area is 150 Å². The maximum atomic E-state index is 6.09. The number of thiazole rings is 1. The van der Waals surface area contributed by atoms with Crippen LogP contribution in [0.4, 0.5) is 5.69 Å². The highest BCUT2D eigenvalue weighted by Crippen LogP contribution is 2.33. The van der Waals surface area contributed by atoms with E-state index in [2.05, 4.69) is 59.6 Å². The van der Waals surface area contributed by atoms with E-state index in [1.165, 1.54) is 0 Å². The Kier molecular flexibility index (Phi) is 3.96. The highest BCUT2D eigenvalue weighted by Gasteiger charge is 2.30. The minimum absolute atomic E-state index is 0.0122. The van der Waals surface area contributed by atoms with Crippen molar-refractivity contribution in [2.75, 3.05) is 18.1 Å². The van der Waals surface area contributed by atoms with Crippen molar-refractivity contribution in [2.24, 2.45) is 0 Å². The van der Waals surface area contributed by atoms with E-state index in [0.29, 0.717) is 6.61 Å². The van der Waals surface area contributed by atoms with Crippen LogP contribution in [0, 0.1) is 0 Å². The molecule has 0 amide bonds. The average Bonchev–Trinajstić information content (AvgIpc) is 3.23. The lowest BCUT2D eigenvalue weighted by molar-refractivity contribution is 0.0212. The summed E-state index contributed by atoms with van der Waals surface area (Å²) >= 11 is 1.68. The number of tetrazole rings is 1. The van der Waals surface area contributed by atoms with Crippen LogP contribution < -0.4 is 4.90 Å². The van der Waals surface area contributed by atoms with E-state index in [9.17, 15) is 0 Å². The number of morpholine rings is 1. The molecule has 0 N–H and O–H groups in total. The molecule has 4 rings (SSSR count). The first-order valence-electron chi connectivity index (χ1n) is 8.44. The van der Waals surface area contributed by atoms with Crippen LogP contribution in [0.1, 0.15) is 44.5 Å². The van der Waals surface area contributed by atoms with Gasteiger partial charge in [-0.25, -0.2) is 4.98 Å². The Balaban J connectivity index is 1.59. The Morgan fingerprint density at radius 1 is 1.28 bits per heavy atom. The van der Waals surface area contributed by atoms with Crippen LogP contribution in [-0.4, -0.2) is 44.2 Å². The van der Waals surface area contributed by atoms with E-state index in [4.69, 9.17) is 9.72 Å². The van der Waals surface area contributed by atoms with Crippen molar-refractivity contribution in [3.05, 3.63) is 34.4 Å². The van der Waals surface area contributed by atoms with Gasteiger partial charge < -0.3 is 9.64 Å². The van der Waals surface area contributed by atoms with E-state index in [1.54, 1.807) is 15.9 Å². The molecule has 0 unspecified atom stereocenters. The summed E-state index contributed by atoms with van der Waals surface area (Å²) in [6, 6.07) is 4.29. The summed E-state index contributed by atoms with van der Waals surface area (Å²) in [7, 11) is 0. The predicted molar refractivity (Wildman–Crippen MR) is 97.1 cm³/mol. The van der Waals surface area contributed by atoms with Crippen LogP contribution in [-0.2, 0) is 10.2 Å². The first-order chi connectivity index (χ1) is 11.9. The molecular weight excluding hydrogens is 336 g/mol. The Hall–Kier alpha value is -2.06. The zero-order chi connectivity index (χ0) is 17.6. The fourth-order valence-electron chi connectivity index (χ4n) is 2.95. The molecule has 3 aromatic heterocycles. The first-order valence-corrected chi connectivity index (χ1v) is 9.32. The number of fused-ring (bicyclic) bond motifs is 1. The van der Waals surface area contributed by atoms with Gasteiger partial charge in [-0.3, -0.25) is 0 Å². The van der Waals surface area contributed by atoms with Crippen molar-refractivity contribution in [1.29, 1.82) is 0 Å². The van der Waals surface area contributed by atoms with E-state index in [1.807, 2.05) is 12.3 Å². The third-order valence-electron chi connectivity index (χ3n) is 4.51. The molecule has 7 nitrogen and oxygen atoms in total. The number of hydrogen-bond acceptors (Lipinski definition) is 7. The average molecular weight is 358 g/mol. The molecule has 1 aliphatic heterocycles. The fraction of sp³-hybridized carbons (Fsp3) is 0.529. The van der Waals surface area contributed by atoms with Crippen molar-refractivity contribution in [3.8, 4) is 0 Å². The highest BCUT2D eigenvalue weighted by atomic mass is 32.1. The molecule has 2 atom stereocenters. The van der Waals surface area contributed by atoms with Gasteiger partial charge in [-0.1, -0.05) is 20.8 Å². The molecule has 132 valence electrons. The van der Waals surface area contributed by atoms with Crippen LogP contribution >= 0.6 is 11.3 Å². The summed E-state index contributed by atoms with van der Waals surface area (Å²) in [5, 5.41) is 14.9. The van der Waals surface area contributed by atoms with Gasteiger partial charge in [0.15, 0.2) is 5.65 Å². The molecule has 0 bridgehead atoms. The molecule has 0 spiro atoms. The quantitative estimate of drug-likeness (QED) is 0.702. The van der Waals surface area contributed by atoms with Crippen LogP contribution in [0.25, 0.3) is 5.65 Å². The third-order valence-corrected chi connectivity index (χ3v) is 5.44. The lowest BCUT2D eigenvalue weighted by atomic mass is 9.93. The molecule has 0 aromatic carbocycles. The third kappa shape index (κ3) is 3.11. The summed E-state index contributed by atoms with van der Waals surface area (Å²) in [5.41, 5.74) is 3.02. The zero-order valence-corrected chi connectivity index (χ0v) is 15.7. The molecule has 8 heteroatoms. The monoisotopic (exact) mass is 358 g/mol. The normalized spacial score (nSPS) is 21.8. The number of aromatic nitrogens is 5. The fourth-order valence-corrected chi connectivity index (χ4v) is 4.03. The highest BCUT2D eigenvalue weighted by molar-refractivity contribution is 7.09. The zero-order valence-electron chi connectivity index (χ0n) is 14.9. The summed E-state index contributed by atoms with van der Waals surface area (Å²) in [4.78, 5) is 7.17. The maximum Gasteiger partial charge on any atom is 0.179 e. The molecule has 0 radical (unpaired) electrons. The molecule has 1 saturated heterocycles. The molecule has 1 fully saturated rings. The van der Waals surface area contributed by atoms with Crippen LogP contribution in [0.3, 0.4) is 0 Å². The van der Waals surface area contributed by atoms with Crippen molar-refractivity contribution < 1.29 is 4.74 Å². The molecule has 3 aromatic rings. The number of anilines is 1. The number of pyridine rings is 1. The molecule has 0 saturated carbocycles. The Morgan fingerprint density at radius 3 is 2.88 bits per heavy atom.